The molecule has 27 heavy (non-hydrogen) atoms. The molecule has 0 aliphatic heterocycles. The molecule has 0 aliphatic carbocycles. The Kier molecular flexibility index (Phi) is 6.26. The summed E-state index contributed by atoms with van der Waals surface area (Å²) in [4.78, 5) is 12.2. The monoisotopic (exact) mass is 421 g/mol. The van der Waals surface area contributed by atoms with Gasteiger partial charge in [0.2, 0.25) is 11.1 Å². The number of benzene rings is 2. The number of aromatic nitrogens is 3. The highest BCUT2D eigenvalue weighted by Gasteiger charge is 2.17. The van der Waals surface area contributed by atoms with Gasteiger partial charge in [-0.05, 0) is 30.7 Å². The van der Waals surface area contributed by atoms with E-state index in [0.717, 1.165) is 5.56 Å². The Morgan fingerprint density at radius 1 is 1.22 bits per heavy atom. The molecule has 1 heterocycles. The highest BCUT2D eigenvalue weighted by atomic mass is 35.5. The van der Waals surface area contributed by atoms with Gasteiger partial charge in [-0.15, -0.1) is 10.2 Å². The summed E-state index contributed by atoms with van der Waals surface area (Å²) in [6.45, 7) is 1.93. The van der Waals surface area contributed by atoms with Crippen LogP contribution in [0.1, 0.15) is 18.5 Å². The van der Waals surface area contributed by atoms with Crippen LogP contribution >= 0.6 is 35.0 Å². The number of nitrogens with one attached hydrogen (secondary N) is 1. The second-order valence-corrected chi connectivity index (χ2v) is 7.58. The van der Waals surface area contributed by atoms with E-state index < -0.39 is 0 Å². The SMILES string of the molecule is C[C@@H](NC(=O)CSc1nnc(-c2ccc(Cl)cc2Cl)n1N)c1ccccc1. The first kappa shape index (κ1) is 19.5. The van der Waals surface area contributed by atoms with Crippen molar-refractivity contribution in [3.8, 4) is 11.4 Å². The molecule has 0 fully saturated rings. The van der Waals surface area contributed by atoms with E-state index in [1.54, 1.807) is 18.2 Å². The zero-order valence-electron chi connectivity index (χ0n) is 14.4. The van der Waals surface area contributed by atoms with Crippen LogP contribution in [0.5, 0.6) is 0 Å². The third-order valence-electron chi connectivity index (χ3n) is 3.85. The second kappa shape index (κ2) is 8.65. The van der Waals surface area contributed by atoms with Gasteiger partial charge in [-0.1, -0.05) is 65.3 Å². The number of carbonyl (C=O) groups is 1. The minimum Gasteiger partial charge on any atom is -0.349 e. The fourth-order valence-electron chi connectivity index (χ4n) is 2.47. The molecule has 3 aromatic rings. The Labute approximate surface area is 171 Å². The van der Waals surface area contributed by atoms with Crippen LogP contribution in [0.25, 0.3) is 11.4 Å². The molecule has 1 aromatic heterocycles. The smallest absolute Gasteiger partial charge is 0.230 e. The summed E-state index contributed by atoms with van der Waals surface area (Å²) >= 11 is 13.3. The number of nitrogens with two attached hydrogens (primary N) is 1. The Balaban J connectivity index is 1.63. The standard InChI is InChI=1S/C18H17Cl2N5OS/c1-11(12-5-3-2-4-6-12)22-16(26)10-27-18-24-23-17(25(18)21)14-8-7-13(19)9-15(14)20/h2-9,11H,10,21H2,1H3,(H,22,26)/t11-/m1/s1. The minimum absolute atomic E-state index is 0.0847. The van der Waals surface area contributed by atoms with Crippen LogP contribution in [0, 0.1) is 0 Å². The maximum absolute atomic E-state index is 12.2. The fraction of sp³-hybridized carbons (Fsp3) is 0.167. The molecule has 1 atom stereocenters. The van der Waals surface area contributed by atoms with Crippen LogP contribution in [0.15, 0.2) is 53.7 Å². The van der Waals surface area contributed by atoms with Crippen molar-refractivity contribution >= 4 is 40.9 Å². The first-order chi connectivity index (χ1) is 13.0. The lowest BCUT2D eigenvalue weighted by atomic mass is 10.1. The molecule has 0 bridgehead atoms. The average molecular weight is 422 g/mol. The number of nitrogen functional groups attached to an aromatic ring is 1. The maximum Gasteiger partial charge on any atom is 0.230 e. The van der Waals surface area contributed by atoms with Crippen LogP contribution in [0.3, 0.4) is 0 Å². The van der Waals surface area contributed by atoms with Crippen molar-refractivity contribution in [3.63, 3.8) is 0 Å². The fourth-order valence-corrected chi connectivity index (χ4v) is 3.63. The first-order valence-electron chi connectivity index (χ1n) is 8.08. The normalized spacial score (nSPS) is 12.0. The number of halogens is 2. The predicted molar refractivity (Wildman–Crippen MR) is 109 cm³/mol. The lowest BCUT2D eigenvalue weighted by Gasteiger charge is -2.13. The van der Waals surface area contributed by atoms with Gasteiger partial charge in [-0.2, -0.15) is 0 Å². The molecular formula is C18H17Cl2N5OS. The summed E-state index contributed by atoms with van der Waals surface area (Å²) in [5, 5.41) is 12.4. The molecule has 0 aliphatic rings. The number of nitrogens with zero attached hydrogens (tertiary/aromatic N) is 3. The van der Waals surface area contributed by atoms with E-state index in [1.165, 1.54) is 16.4 Å². The molecule has 6 nitrogen and oxygen atoms in total. The van der Waals surface area contributed by atoms with Gasteiger partial charge >= 0.3 is 0 Å². The lowest BCUT2D eigenvalue weighted by molar-refractivity contribution is -0.119. The van der Waals surface area contributed by atoms with E-state index in [-0.39, 0.29) is 17.7 Å². The van der Waals surface area contributed by atoms with Gasteiger partial charge in [0.25, 0.3) is 0 Å². The number of hydrogen-bond acceptors (Lipinski definition) is 5. The topological polar surface area (TPSA) is 85.8 Å². The zero-order valence-corrected chi connectivity index (χ0v) is 16.7. The van der Waals surface area contributed by atoms with Crippen molar-refractivity contribution in [1.29, 1.82) is 0 Å². The minimum atomic E-state index is -0.120. The maximum atomic E-state index is 12.2. The van der Waals surface area contributed by atoms with E-state index in [4.69, 9.17) is 29.0 Å². The second-order valence-electron chi connectivity index (χ2n) is 5.79. The van der Waals surface area contributed by atoms with Gasteiger partial charge in [0.1, 0.15) is 0 Å². The van der Waals surface area contributed by atoms with Gasteiger partial charge in [0.05, 0.1) is 16.8 Å². The molecular weight excluding hydrogens is 405 g/mol. The molecule has 9 heteroatoms. The Bertz CT molecular complexity index is 948. The lowest BCUT2D eigenvalue weighted by Crippen LogP contribution is -2.28. The summed E-state index contributed by atoms with van der Waals surface area (Å²) in [6.07, 6.45) is 0. The molecule has 1 amide bonds. The molecule has 0 saturated heterocycles. The summed E-state index contributed by atoms with van der Waals surface area (Å²) in [7, 11) is 0. The van der Waals surface area contributed by atoms with Crippen LogP contribution in [-0.4, -0.2) is 26.5 Å². The highest BCUT2D eigenvalue weighted by molar-refractivity contribution is 7.99. The van der Waals surface area contributed by atoms with Crippen molar-refractivity contribution in [2.45, 2.75) is 18.1 Å². The molecule has 0 saturated carbocycles. The van der Waals surface area contributed by atoms with E-state index in [2.05, 4.69) is 15.5 Å². The van der Waals surface area contributed by atoms with Gasteiger partial charge in [0, 0.05) is 10.6 Å². The highest BCUT2D eigenvalue weighted by Crippen LogP contribution is 2.30. The molecule has 0 spiro atoms. The first-order valence-corrected chi connectivity index (χ1v) is 9.83. The van der Waals surface area contributed by atoms with Crippen molar-refractivity contribution in [1.82, 2.24) is 20.2 Å². The van der Waals surface area contributed by atoms with Crippen molar-refractivity contribution < 1.29 is 4.79 Å². The molecule has 3 rings (SSSR count). The zero-order chi connectivity index (χ0) is 19.4. The van der Waals surface area contributed by atoms with Crippen molar-refractivity contribution in [2.24, 2.45) is 0 Å². The number of rotatable bonds is 6. The molecule has 3 N–H and O–H groups in total. The van der Waals surface area contributed by atoms with E-state index in [1.807, 2.05) is 37.3 Å². The Hall–Kier alpha value is -2.22. The van der Waals surface area contributed by atoms with E-state index in [0.29, 0.717) is 26.6 Å². The summed E-state index contributed by atoms with van der Waals surface area (Å²) in [6, 6.07) is 14.7. The Morgan fingerprint density at radius 2 is 1.96 bits per heavy atom. The molecule has 140 valence electrons. The van der Waals surface area contributed by atoms with Gasteiger partial charge < -0.3 is 11.2 Å². The number of hydrogen-bond donors (Lipinski definition) is 2. The number of thioether (sulfide) groups is 1. The van der Waals surface area contributed by atoms with Crippen LogP contribution in [0.4, 0.5) is 0 Å². The molecule has 0 radical (unpaired) electrons. The largest absolute Gasteiger partial charge is 0.349 e. The molecule has 2 aromatic carbocycles. The summed E-state index contributed by atoms with van der Waals surface area (Å²) in [5.74, 6) is 6.52. The van der Waals surface area contributed by atoms with Gasteiger partial charge in [-0.25, -0.2) is 4.68 Å². The van der Waals surface area contributed by atoms with Crippen LogP contribution in [0.2, 0.25) is 10.0 Å². The van der Waals surface area contributed by atoms with Crippen molar-refractivity contribution in [2.75, 3.05) is 11.6 Å². The predicted octanol–water partition coefficient (Wildman–Crippen LogP) is 3.94. The van der Waals surface area contributed by atoms with E-state index >= 15 is 0 Å². The third-order valence-corrected chi connectivity index (χ3v) is 5.34. The summed E-state index contributed by atoms with van der Waals surface area (Å²) in [5.41, 5.74) is 1.66. The Morgan fingerprint density at radius 3 is 2.67 bits per heavy atom. The van der Waals surface area contributed by atoms with Gasteiger partial charge in [0.15, 0.2) is 5.82 Å². The summed E-state index contributed by atoms with van der Waals surface area (Å²) < 4.78 is 1.31. The van der Waals surface area contributed by atoms with Crippen LogP contribution in [-0.2, 0) is 4.79 Å². The third kappa shape index (κ3) is 4.74. The van der Waals surface area contributed by atoms with Gasteiger partial charge in [-0.3, -0.25) is 4.79 Å². The quantitative estimate of drug-likeness (QED) is 0.464. The average Bonchev–Trinajstić information content (AvgIpc) is 3.01. The van der Waals surface area contributed by atoms with Crippen molar-refractivity contribution in [3.05, 3.63) is 64.1 Å². The molecule has 0 unspecified atom stereocenters. The van der Waals surface area contributed by atoms with E-state index in [9.17, 15) is 4.79 Å². The number of amides is 1. The van der Waals surface area contributed by atoms with Crippen LogP contribution < -0.4 is 11.2 Å². The number of carbonyl (C=O) groups excluding carboxylic acids is 1.